The number of allylic oxidation sites excluding steroid dienone is 2. The molecule has 14 heavy (non-hydrogen) atoms. The van der Waals surface area contributed by atoms with Gasteiger partial charge in [-0.15, -0.1) is 11.5 Å². The number of ketones is 2. The second-order valence-electron chi connectivity index (χ2n) is 3.04. The van der Waals surface area contributed by atoms with Gasteiger partial charge in [-0.05, 0) is 24.3 Å². The molecule has 0 saturated carbocycles. The summed E-state index contributed by atoms with van der Waals surface area (Å²) in [5.41, 5.74) is 5.65. The lowest BCUT2D eigenvalue weighted by Gasteiger charge is -1.90. The number of rotatable bonds is 0. The van der Waals surface area contributed by atoms with Gasteiger partial charge in [0, 0.05) is 25.7 Å². The molecule has 0 radical (unpaired) electrons. The van der Waals surface area contributed by atoms with Crippen LogP contribution in [0.4, 0.5) is 0 Å². The van der Waals surface area contributed by atoms with Crippen molar-refractivity contribution in [3.05, 3.63) is 35.8 Å². The van der Waals surface area contributed by atoms with Crippen molar-refractivity contribution in [2.75, 3.05) is 0 Å². The van der Waals surface area contributed by atoms with E-state index in [1.165, 1.54) is 0 Å². The van der Waals surface area contributed by atoms with Gasteiger partial charge in [0.25, 0.3) is 0 Å². The molecule has 0 atom stereocenters. The number of carbonyl (C=O) groups excluding carboxylic acids is 2. The molecule has 0 amide bonds. The molecule has 0 bridgehead atoms. The first-order chi connectivity index (χ1) is 6.79. The minimum atomic E-state index is 0.138. The molecular formula is C12H12O2. The zero-order valence-corrected chi connectivity index (χ0v) is 7.95. The Kier molecular flexibility index (Phi) is 4.43. The third-order valence-electron chi connectivity index (χ3n) is 1.79. The van der Waals surface area contributed by atoms with Gasteiger partial charge >= 0.3 is 0 Å². The second-order valence-corrected chi connectivity index (χ2v) is 3.04. The fourth-order valence-corrected chi connectivity index (χ4v) is 1.02. The lowest BCUT2D eigenvalue weighted by atomic mass is 10.1. The Balaban J connectivity index is 2.69. The number of hydrogen-bond donors (Lipinski definition) is 0. The van der Waals surface area contributed by atoms with E-state index in [1.807, 2.05) is 0 Å². The van der Waals surface area contributed by atoms with Gasteiger partial charge in [-0.2, -0.15) is 0 Å². The lowest BCUT2D eigenvalue weighted by molar-refractivity contribution is -0.118. The first-order valence-electron chi connectivity index (χ1n) is 4.61. The summed E-state index contributed by atoms with van der Waals surface area (Å²) in [6.45, 7) is 0. The molecule has 1 aliphatic carbocycles. The van der Waals surface area contributed by atoms with Crippen molar-refractivity contribution >= 4 is 11.6 Å². The standard InChI is InChI=1S/C12H12O2/c13-11-7-3-1-4-8-12(14)10-6-2-5-9-11/h3-6H,7-10H2. The van der Waals surface area contributed by atoms with Crippen molar-refractivity contribution in [1.82, 2.24) is 0 Å². The fraction of sp³-hybridized carbons (Fsp3) is 0.333. The molecule has 0 N–H and O–H groups in total. The maximum atomic E-state index is 11.1. The van der Waals surface area contributed by atoms with Gasteiger partial charge in [0.15, 0.2) is 0 Å². The topological polar surface area (TPSA) is 34.1 Å². The Hall–Kier alpha value is -1.62. The molecule has 1 aliphatic rings. The lowest BCUT2D eigenvalue weighted by Crippen LogP contribution is -1.93. The number of Topliss-reactive ketones (excluding diaryl/α,β-unsaturated/α-hetero) is 2. The Morgan fingerprint density at radius 3 is 1.29 bits per heavy atom. The minimum absolute atomic E-state index is 0.138. The van der Waals surface area contributed by atoms with Crippen LogP contribution in [0.5, 0.6) is 0 Å². The van der Waals surface area contributed by atoms with Crippen LogP contribution in [0.15, 0.2) is 35.8 Å². The summed E-state index contributed by atoms with van der Waals surface area (Å²) in [5.74, 6) is 0.275. The van der Waals surface area contributed by atoms with Crippen molar-refractivity contribution < 1.29 is 9.59 Å². The third kappa shape index (κ3) is 4.42. The highest BCUT2D eigenvalue weighted by atomic mass is 16.1. The summed E-state index contributed by atoms with van der Waals surface area (Å²) in [5, 5.41) is 0. The molecular weight excluding hydrogens is 176 g/mol. The summed E-state index contributed by atoms with van der Waals surface area (Å²) in [7, 11) is 0. The highest BCUT2D eigenvalue weighted by molar-refractivity contribution is 5.82. The van der Waals surface area contributed by atoms with Crippen LogP contribution in [0.3, 0.4) is 0 Å². The van der Waals surface area contributed by atoms with E-state index in [0.29, 0.717) is 25.7 Å². The molecule has 0 aromatic heterocycles. The Labute approximate surface area is 83.3 Å². The fourth-order valence-electron chi connectivity index (χ4n) is 1.02. The van der Waals surface area contributed by atoms with E-state index in [1.54, 1.807) is 24.3 Å². The third-order valence-corrected chi connectivity index (χ3v) is 1.79. The van der Waals surface area contributed by atoms with Gasteiger partial charge in [0.1, 0.15) is 11.6 Å². The molecule has 0 saturated heterocycles. The van der Waals surface area contributed by atoms with Gasteiger partial charge in [0.05, 0.1) is 0 Å². The van der Waals surface area contributed by atoms with Gasteiger partial charge in [-0.25, -0.2) is 0 Å². The molecule has 0 aromatic rings. The minimum Gasteiger partial charge on any atom is -0.299 e. The maximum absolute atomic E-state index is 11.1. The average molecular weight is 188 g/mol. The highest BCUT2D eigenvalue weighted by Crippen LogP contribution is 1.96. The van der Waals surface area contributed by atoms with Crippen molar-refractivity contribution in [2.45, 2.75) is 25.7 Å². The summed E-state index contributed by atoms with van der Waals surface area (Å²) in [4.78, 5) is 22.3. The summed E-state index contributed by atoms with van der Waals surface area (Å²) >= 11 is 0. The number of carbonyl (C=O) groups is 2. The van der Waals surface area contributed by atoms with Crippen molar-refractivity contribution in [2.24, 2.45) is 0 Å². The van der Waals surface area contributed by atoms with Crippen LogP contribution in [0, 0.1) is 0 Å². The second kappa shape index (κ2) is 5.93. The van der Waals surface area contributed by atoms with Gasteiger partial charge in [-0.3, -0.25) is 9.59 Å². The van der Waals surface area contributed by atoms with Crippen molar-refractivity contribution in [3.63, 3.8) is 0 Å². The molecule has 0 spiro atoms. The Morgan fingerprint density at radius 1 is 0.714 bits per heavy atom. The normalized spacial score (nSPS) is 18.0. The quantitative estimate of drug-likeness (QED) is 0.546. The molecule has 2 nitrogen and oxygen atoms in total. The van der Waals surface area contributed by atoms with Gasteiger partial charge in [0.2, 0.25) is 0 Å². The summed E-state index contributed by atoms with van der Waals surface area (Å²) in [6, 6.07) is 0. The first kappa shape index (κ1) is 10.5. The smallest absolute Gasteiger partial charge is 0.141 e. The monoisotopic (exact) mass is 188 g/mol. The predicted octanol–water partition coefficient (Wildman–Crippen LogP) is 2.12. The Bertz CT molecular complexity index is 289. The highest BCUT2D eigenvalue weighted by Gasteiger charge is 1.96. The van der Waals surface area contributed by atoms with E-state index in [4.69, 9.17) is 0 Å². The van der Waals surface area contributed by atoms with E-state index in [-0.39, 0.29) is 11.6 Å². The van der Waals surface area contributed by atoms with E-state index in [2.05, 4.69) is 11.5 Å². The first-order valence-corrected chi connectivity index (χ1v) is 4.61. The molecule has 0 aliphatic heterocycles. The van der Waals surface area contributed by atoms with E-state index < -0.39 is 0 Å². The zero-order valence-electron chi connectivity index (χ0n) is 7.95. The average Bonchev–Trinajstić information content (AvgIpc) is 2.14. The van der Waals surface area contributed by atoms with Crippen LogP contribution in [-0.4, -0.2) is 11.6 Å². The molecule has 72 valence electrons. The van der Waals surface area contributed by atoms with Crippen LogP contribution in [0.2, 0.25) is 0 Å². The van der Waals surface area contributed by atoms with Crippen molar-refractivity contribution in [1.29, 1.82) is 0 Å². The predicted molar refractivity (Wildman–Crippen MR) is 53.8 cm³/mol. The van der Waals surface area contributed by atoms with Gasteiger partial charge < -0.3 is 0 Å². The van der Waals surface area contributed by atoms with Crippen LogP contribution in [0.25, 0.3) is 0 Å². The molecule has 0 fully saturated rings. The van der Waals surface area contributed by atoms with Crippen LogP contribution < -0.4 is 0 Å². The van der Waals surface area contributed by atoms with E-state index >= 15 is 0 Å². The largest absolute Gasteiger partial charge is 0.299 e. The van der Waals surface area contributed by atoms with Crippen molar-refractivity contribution in [3.8, 4) is 0 Å². The molecule has 0 aromatic carbocycles. The Morgan fingerprint density at radius 2 is 1.00 bits per heavy atom. The maximum Gasteiger partial charge on any atom is 0.141 e. The molecule has 0 unspecified atom stereocenters. The van der Waals surface area contributed by atoms with Crippen LogP contribution in [-0.2, 0) is 9.59 Å². The molecule has 1 rings (SSSR count). The van der Waals surface area contributed by atoms with E-state index in [0.717, 1.165) is 0 Å². The summed E-state index contributed by atoms with van der Waals surface area (Å²) in [6.07, 6.45) is 8.16. The molecule has 2 heteroatoms. The van der Waals surface area contributed by atoms with Crippen LogP contribution in [0.1, 0.15) is 25.7 Å². The van der Waals surface area contributed by atoms with Crippen LogP contribution >= 0.6 is 0 Å². The van der Waals surface area contributed by atoms with E-state index in [9.17, 15) is 9.59 Å². The zero-order chi connectivity index (χ0) is 10.2. The molecule has 0 heterocycles. The SMILES string of the molecule is O=C1CC=C=CCC(=O)CC=C=CC1. The number of hydrogen-bond acceptors (Lipinski definition) is 2. The summed E-state index contributed by atoms with van der Waals surface area (Å²) < 4.78 is 0. The van der Waals surface area contributed by atoms with Gasteiger partial charge in [-0.1, -0.05) is 0 Å².